The first-order chi connectivity index (χ1) is 18.4. The second-order valence-electron chi connectivity index (χ2n) is 8.25. The van der Waals surface area contributed by atoms with Crippen LogP contribution < -0.4 is 0 Å². The van der Waals surface area contributed by atoms with Crippen LogP contribution in [0.2, 0.25) is 0 Å². The lowest BCUT2D eigenvalue weighted by molar-refractivity contribution is -0.158. The second kappa shape index (κ2) is 17.6. The van der Waals surface area contributed by atoms with E-state index in [0.29, 0.717) is 19.8 Å². The van der Waals surface area contributed by atoms with Crippen molar-refractivity contribution in [2.75, 3.05) is 34.0 Å². The number of ether oxygens (including phenoxy) is 4. The molecule has 8 heteroatoms. The lowest BCUT2D eigenvalue weighted by atomic mass is 9.92. The molecule has 8 nitrogen and oxygen atoms in total. The maximum absolute atomic E-state index is 11.8. The molecule has 0 amide bonds. The van der Waals surface area contributed by atoms with Crippen molar-refractivity contribution in [1.82, 2.24) is 0 Å². The molecule has 0 aromatic heterocycles. The standard InChI is InChI=1S/C15H16O4.C15H18O4/c1-18-15(17)14-12(16)9-10-19-13(14)8-7-11-5-3-2-4-6-11;1-18-15(17)12-14(16)9-11-19-10-5-8-13-6-3-2-4-7-13/h2-8,13-14H,9-10H2,1H3;2-8H,9-12H2,1H3/b8-7+;8-5+. The Hall–Kier alpha value is -3.88. The van der Waals surface area contributed by atoms with Gasteiger partial charge in [-0.3, -0.25) is 19.2 Å². The molecule has 0 spiro atoms. The van der Waals surface area contributed by atoms with E-state index in [1.807, 2.05) is 78.9 Å². The van der Waals surface area contributed by atoms with Gasteiger partial charge in [0.25, 0.3) is 0 Å². The zero-order valence-corrected chi connectivity index (χ0v) is 21.7. The number of hydrogen-bond donors (Lipinski definition) is 0. The molecule has 0 saturated carbocycles. The third-order valence-corrected chi connectivity index (χ3v) is 5.49. The summed E-state index contributed by atoms with van der Waals surface area (Å²) in [5, 5.41) is 0. The first-order valence-electron chi connectivity index (χ1n) is 12.3. The molecule has 3 rings (SSSR count). The summed E-state index contributed by atoms with van der Waals surface area (Å²) in [6.07, 6.45) is 7.20. The zero-order chi connectivity index (χ0) is 27.6. The molecule has 0 aliphatic carbocycles. The van der Waals surface area contributed by atoms with Crippen molar-refractivity contribution >= 4 is 35.7 Å². The summed E-state index contributed by atoms with van der Waals surface area (Å²) in [6.45, 7) is 1.10. The van der Waals surface area contributed by atoms with E-state index in [2.05, 4.69) is 9.47 Å². The molecule has 38 heavy (non-hydrogen) atoms. The largest absolute Gasteiger partial charge is 0.469 e. The Labute approximate surface area is 223 Å². The molecule has 1 aliphatic heterocycles. The van der Waals surface area contributed by atoms with Crippen LogP contribution >= 0.6 is 0 Å². The molecule has 1 saturated heterocycles. The Balaban J connectivity index is 0.000000267. The van der Waals surface area contributed by atoms with E-state index in [0.717, 1.165) is 11.1 Å². The predicted molar refractivity (Wildman–Crippen MR) is 143 cm³/mol. The molecular weight excluding hydrogens is 488 g/mol. The molecule has 1 heterocycles. The predicted octanol–water partition coefficient (Wildman–Crippen LogP) is 4.09. The van der Waals surface area contributed by atoms with E-state index >= 15 is 0 Å². The van der Waals surface area contributed by atoms with Crippen molar-refractivity contribution in [2.24, 2.45) is 5.92 Å². The van der Waals surface area contributed by atoms with Gasteiger partial charge in [0.2, 0.25) is 0 Å². The number of carbonyl (C=O) groups is 4. The van der Waals surface area contributed by atoms with E-state index in [1.54, 1.807) is 6.08 Å². The minimum absolute atomic E-state index is 0.124. The molecular formula is C30H34O8. The number of Topliss-reactive ketones (excluding diaryl/α,β-unsaturated/α-hetero) is 2. The van der Waals surface area contributed by atoms with Crippen molar-refractivity contribution in [3.05, 3.63) is 83.9 Å². The number of esters is 2. The van der Waals surface area contributed by atoms with E-state index in [-0.39, 0.29) is 30.8 Å². The third-order valence-electron chi connectivity index (χ3n) is 5.49. The average Bonchev–Trinajstić information content (AvgIpc) is 2.94. The van der Waals surface area contributed by atoms with Crippen molar-refractivity contribution in [1.29, 1.82) is 0 Å². The van der Waals surface area contributed by atoms with Gasteiger partial charge in [0.05, 0.1) is 40.1 Å². The van der Waals surface area contributed by atoms with Crippen LogP contribution in [0.25, 0.3) is 12.2 Å². The van der Waals surface area contributed by atoms with Crippen LogP contribution in [0.3, 0.4) is 0 Å². The molecule has 0 N–H and O–H groups in total. The molecule has 1 fully saturated rings. The van der Waals surface area contributed by atoms with Gasteiger partial charge in [-0.1, -0.05) is 85.0 Å². The van der Waals surface area contributed by atoms with Crippen LogP contribution in [-0.2, 0) is 38.1 Å². The number of carbonyl (C=O) groups excluding carboxylic acids is 4. The third kappa shape index (κ3) is 11.5. The lowest BCUT2D eigenvalue weighted by Gasteiger charge is -2.26. The summed E-state index contributed by atoms with van der Waals surface area (Å²) in [5.74, 6) is -2.18. The fourth-order valence-corrected chi connectivity index (χ4v) is 3.47. The van der Waals surface area contributed by atoms with Crippen molar-refractivity contribution in [2.45, 2.75) is 25.4 Å². The number of rotatable bonds is 11. The van der Waals surface area contributed by atoms with Gasteiger partial charge in [-0.25, -0.2) is 0 Å². The fraction of sp³-hybridized carbons (Fsp3) is 0.333. The van der Waals surface area contributed by atoms with E-state index in [4.69, 9.17) is 9.47 Å². The molecule has 2 aromatic rings. The Morgan fingerprint density at radius 1 is 0.921 bits per heavy atom. The Kier molecular flexibility index (Phi) is 14.0. The van der Waals surface area contributed by atoms with Crippen LogP contribution in [0.5, 0.6) is 0 Å². The Bertz CT molecular complexity index is 1070. The Morgan fingerprint density at radius 2 is 1.55 bits per heavy atom. The van der Waals surface area contributed by atoms with Gasteiger partial charge >= 0.3 is 11.9 Å². The molecule has 2 aromatic carbocycles. The van der Waals surface area contributed by atoms with Gasteiger partial charge in [-0.2, -0.15) is 0 Å². The number of benzene rings is 2. The zero-order valence-electron chi connectivity index (χ0n) is 21.7. The summed E-state index contributed by atoms with van der Waals surface area (Å²) in [6, 6.07) is 19.5. The number of ketones is 2. The van der Waals surface area contributed by atoms with Gasteiger partial charge in [0.15, 0.2) is 5.78 Å². The van der Waals surface area contributed by atoms with E-state index in [9.17, 15) is 19.2 Å². The number of methoxy groups -OCH3 is 2. The smallest absolute Gasteiger partial charge is 0.319 e. The Morgan fingerprint density at radius 3 is 2.16 bits per heavy atom. The highest BCUT2D eigenvalue weighted by Gasteiger charge is 2.37. The topological polar surface area (TPSA) is 105 Å². The normalized spacial score (nSPS) is 17.1. The maximum Gasteiger partial charge on any atom is 0.319 e. The highest BCUT2D eigenvalue weighted by Crippen LogP contribution is 2.21. The monoisotopic (exact) mass is 522 g/mol. The lowest BCUT2D eigenvalue weighted by Crippen LogP contribution is -2.41. The first kappa shape index (κ1) is 30.3. The second-order valence-corrected chi connectivity index (χ2v) is 8.25. The van der Waals surface area contributed by atoms with Gasteiger partial charge in [-0.05, 0) is 11.1 Å². The van der Waals surface area contributed by atoms with E-state index < -0.39 is 24.0 Å². The number of hydrogen-bond acceptors (Lipinski definition) is 8. The van der Waals surface area contributed by atoms with E-state index in [1.165, 1.54) is 14.2 Å². The van der Waals surface area contributed by atoms with Gasteiger partial charge in [0.1, 0.15) is 18.1 Å². The molecule has 0 radical (unpaired) electrons. The van der Waals surface area contributed by atoms with Crippen LogP contribution in [0.4, 0.5) is 0 Å². The minimum atomic E-state index is -0.848. The molecule has 2 unspecified atom stereocenters. The molecule has 0 bridgehead atoms. The average molecular weight is 523 g/mol. The van der Waals surface area contributed by atoms with Crippen LogP contribution in [0.1, 0.15) is 30.4 Å². The summed E-state index contributed by atoms with van der Waals surface area (Å²) in [5.41, 5.74) is 2.10. The summed E-state index contributed by atoms with van der Waals surface area (Å²) in [4.78, 5) is 45.5. The van der Waals surface area contributed by atoms with Crippen molar-refractivity contribution < 1.29 is 38.1 Å². The molecule has 202 valence electrons. The maximum atomic E-state index is 11.8. The highest BCUT2D eigenvalue weighted by atomic mass is 16.5. The quantitative estimate of drug-likeness (QED) is 0.247. The first-order valence-corrected chi connectivity index (χ1v) is 12.3. The fourth-order valence-electron chi connectivity index (χ4n) is 3.47. The van der Waals surface area contributed by atoms with Crippen LogP contribution in [-0.4, -0.2) is 63.6 Å². The molecule has 2 atom stereocenters. The summed E-state index contributed by atoms with van der Waals surface area (Å²) >= 11 is 0. The van der Waals surface area contributed by atoms with Crippen LogP contribution in [0, 0.1) is 5.92 Å². The summed E-state index contributed by atoms with van der Waals surface area (Å²) < 4.78 is 19.9. The van der Waals surface area contributed by atoms with Gasteiger partial charge < -0.3 is 18.9 Å². The van der Waals surface area contributed by atoms with Gasteiger partial charge in [-0.15, -0.1) is 0 Å². The van der Waals surface area contributed by atoms with Crippen molar-refractivity contribution in [3.8, 4) is 0 Å². The SMILES string of the molecule is COC(=O)C1C(=O)CCOC1/C=C/c1ccccc1.COC(=O)CC(=O)CCOC/C=C/c1ccccc1. The minimum Gasteiger partial charge on any atom is -0.469 e. The molecule has 1 aliphatic rings. The van der Waals surface area contributed by atoms with Crippen LogP contribution in [0.15, 0.2) is 72.8 Å². The van der Waals surface area contributed by atoms with Gasteiger partial charge in [0, 0.05) is 12.8 Å². The van der Waals surface area contributed by atoms with Crippen molar-refractivity contribution in [3.63, 3.8) is 0 Å². The highest BCUT2D eigenvalue weighted by molar-refractivity contribution is 6.00. The summed E-state index contributed by atoms with van der Waals surface area (Å²) in [7, 11) is 2.54.